The Balaban J connectivity index is 2.32. The lowest BCUT2D eigenvalue weighted by Gasteiger charge is -2.68. The van der Waals surface area contributed by atoms with E-state index < -0.39 is 52.5 Å². The number of hydrogen-bond acceptors (Lipinski definition) is 7. The molecule has 2 fully saturated rings. The number of carbonyl (C=O) groups is 2. The van der Waals surface area contributed by atoms with Crippen LogP contribution in [0.25, 0.3) is 0 Å². The zero-order valence-corrected chi connectivity index (χ0v) is 26.8. The molecular formula is C30H56N2O5. The summed E-state index contributed by atoms with van der Waals surface area (Å²) in [6.07, 6.45) is -1.40. The van der Waals surface area contributed by atoms with Crippen molar-refractivity contribution in [3.05, 3.63) is 0 Å². The van der Waals surface area contributed by atoms with Gasteiger partial charge in [0.05, 0.1) is 0 Å². The molecule has 2 rings (SSSR count). The summed E-state index contributed by atoms with van der Waals surface area (Å²) in [5.41, 5.74) is -3.87. The first-order valence-electron chi connectivity index (χ1n) is 13.7. The number of carbonyl (C=O) groups excluding carboxylic acids is 2. The Labute approximate surface area is 226 Å². The van der Waals surface area contributed by atoms with Crippen molar-refractivity contribution < 1.29 is 24.3 Å². The highest BCUT2D eigenvalue weighted by atomic mass is 16.6. The van der Waals surface area contributed by atoms with E-state index in [9.17, 15) is 14.8 Å². The number of rotatable bonds is 4. The van der Waals surface area contributed by atoms with Gasteiger partial charge in [-0.25, -0.2) is 0 Å². The van der Waals surface area contributed by atoms with Crippen molar-refractivity contribution in [2.24, 2.45) is 21.7 Å². The lowest BCUT2D eigenvalue weighted by Crippen LogP contribution is -2.76. The van der Waals surface area contributed by atoms with Gasteiger partial charge in [0, 0.05) is 43.8 Å². The van der Waals surface area contributed by atoms with E-state index in [1.807, 2.05) is 55.4 Å². The Morgan fingerprint density at radius 2 is 0.811 bits per heavy atom. The van der Waals surface area contributed by atoms with Crippen molar-refractivity contribution in [3.8, 4) is 0 Å². The van der Waals surface area contributed by atoms with Crippen LogP contribution in [0.2, 0.25) is 0 Å². The lowest BCUT2D eigenvalue weighted by molar-refractivity contribution is -0.341. The largest absolute Gasteiger partial charge is 0.461 e. The van der Waals surface area contributed by atoms with Crippen LogP contribution in [-0.4, -0.2) is 68.5 Å². The van der Waals surface area contributed by atoms with Crippen LogP contribution in [-0.2, 0) is 19.1 Å². The molecule has 0 aromatic carbocycles. The Morgan fingerprint density at radius 1 is 0.568 bits per heavy atom. The molecule has 0 aromatic rings. The van der Waals surface area contributed by atoms with Crippen LogP contribution in [0.1, 0.15) is 117 Å². The highest BCUT2D eigenvalue weighted by molar-refractivity contribution is 5.91. The molecule has 0 unspecified atom stereocenters. The van der Waals surface area contributed by atoms with E-state index in [2.05, 4.69) is 67.3 Å². The van der Waals surface area contributed by atoms with Crippen LogP contribution in [0, 0.1) is 21.7 Å². The van der Waals surface area contributed by atoms with Crippen molar-refractivity contribution in [1.29, 1.82) is 0 Å². The van der Waals surface area contributed by atoms with E-state index in [0.29, 0.717) is 0 Å². The molecule has 1 N–H and O–H groups in total. The maximum Gasteiger partial charge on any atom is 0.317 e. The third-order valence-corrected chi connectivity index (χ3v) is 12.5. The first-order valence-corrected chi connectivity index (χ1v) is 13.7. The van der Waals surface area contributed by atoms with Gasteiger partial charge in [0.15, 0.2) is 0 Å². The molecule has 0 amide bonds. The predicted molar refractivity (Wildman–Crippen MR) is 147 cm³/mol. The Kier molecular flexibility index (Phi) is 7.50. The van der Waals surface area contributed by atoms with Crippen LogP contribution >= 0.6 is 0 Å². The summed E-state index contributed by atoms with van der Waals surface area (Å²) in [6.45, 7) is 33.1. The summed E-state index contributed by atoms with van der Waals surface area (Å²) in [5.74, 6) is -1.17. The number of hydroxylamine groups is 2. The quantitative estimate of drug-likeness (QED) is 0.353. The highest BCUT2D eigenvalue weighted by Gasteiger charge is 2.67. The van der Waals surface area contributed by atoms with E-state index in [-0.39, 0.29) is 21.9 Å². The van der Waals surface area contributed by atoms with E-state index in [1.54, 1.807) is 0 Å². The second-order valence-corrected chi connectivity index (χ2v) is 15.9. The summed E-state index contributed by atoms with van der Waals surface area (Å²) in [7, 11) is 2.13. The molecule has 2 saturated heterocycles. The third-order valence-electron chi connectivity index (χ3n) is 12.5. The average Bonchev–Trinajstić information content (AvgIpc) is 2.71. The zero-order valence-electron chi connectivity index (χ0n) is 26.8. The second-order valence-electron chi connectivity index (χ2n) is 15.9. The molecule has 37 heavy (non-hydrogen) atoms. The van der Waals surface area contributed by atoms with Crippen LogP contribution in [0.4, 0.5) is 0 Å². The monoisotopic (exact) mass is 524 g/mol. The number of nitrogens with zero attached hydrogens (tertiary/aromatic N) is 2. The number of hydrogen-bond donors (Lipinski definition) is 1. The summed E-state index contributed by atoms with van der Waals surface area (Å²) in [4.78, 5) is 28.9. The second kappa shape index (κ2) is 8.66. The minimum atomic E-state index is -0.684. The maximum absolute atomic E-state index is 13.3. The molecule has 2 heterocycles. The highest BCUT2D eigenvalue weighted by Crippen LogP contribution is 2.59. The van der Waals surface area contributed by atoms with Gasteiger partial charge in [-0.2, -0.15) is 5.06 Å². The molecular weight excluding hydrogens is 468 g/mol. The smallest absolute Gasteiger partial charge is 0.317 e. The molecule has 0 aliphatic carbocycles. The standard InChI is InChI=1S/C30H56N2O5/c1-23(2)21(24(3,4)28(11,12)31(17)27(23,9)10)36-19(33)18-20(34)37-22-25(5,6)29(13,14)32(35)30(15,16)26(22,7)8/h21-22,35H,18H2,1-17H3. The maximum atomic E-state index is 13.3. The van der Waals surface area contributed by atoms with Gasteiger partial charge in [0.25, 0.3) is 0 Å². The minimum absolute atomic E-state index is 0.263. The normalized spacial score (nSPS) is 29.9. The molecule has 2 aliphatic rings. The minimum Gasteiger partial charge on any atom is -0.461 e. The molecule has 0 atom stereocenters. The molecule has 0 spiro atoms. The summed E-state index contributed by atoms with van der Waals surface area (Å²) in [6, 6.07) is 0. The van der Waals surface area contributed by atoms with Gasteiger partial charge in [0.1, 0.15) is 18.6 Å². The molecule has 0 bridgehead atoms. The summed E-state index contributed by atoms with van der Waals surface area (Å²) < 4.78 is 12.3. The first kappa shape index (κ1) is 32.0. The summed E-state index contributed by atoms with van der Waals surface area (Å²) in [5, 5.41) is 12.5. The van der Waals surface area contributed by atoms with Crippen LogP contribution in [0.5, 0.6) is 0 Å². The van der Waals surface area contributed by atoms with Crippen molar-refractivity contribution in [3.63, 3.8) is 0 Å². The van der Waals surface area contributed by atoms with Gasteiger partial charge in [-0.1, -0.05) is 55.4 Å². The average molecular weight is 525 g/mol. The first-order chi connectivity index (χ1) is 16.1. The van der Waals surface area contributed by atoms with Gasteiger partial charge in [-0.3, -0.25) is 14.5 Å². The fourth-order valence-electron chi connectivity index (χ4n) is 6.95. The predicted octanol–water partition coefficient (Wildman–Crippen LogP) is 6.07. The van der Waals surface area contributed by atoms with Gasteiger partial charge in [-0.05, 0) is 62.4 Å². The fourth-order valence-corrected chi connectivity index (χ4v) is 6.95. The van der Waals surface area contributed by atoms with E-state index >= 15 is 0 Å². The molecule has 7 heteroatoms. The van der Waals surface area contributed by atoms with Crippen LogP contribution < -0.4 is 0 Å². The van der Waals surface area contributed by atoms with Crippen molar-refractivity contribution in [2.75, 3.05) is 7.05 Å². The van der Waals surface area contributed by atoms with E-state index in [4.69, 9.17) is 9.47 Å². The summed E-state index contributed by atoms with van der Waals surface area (Å²) >= 11 is 0. The lowest BCUT2D eigenvalue weighted by atomic mass is 9.52. The molecule has 0 radical (unpaired) electrons. The number of piperidine rings is 2. The Hall–Kier alpha value is -1.18. The number of likely N-dealkylation sites (tertiary alicyclic amines) is 1. The molecule has 7 nitrogen and oxygen atoms in total. The van der Waals surface area contributed by atoms with Gasteiger partial charge < -0.3 is 14.7 Å². The Bertz CT molecular complexity index is 796. The van der Waals surface area contributed by atoms with Gasteiger partial charge >= 0.3 is 11.9 Å². The van der Waals surface area contributed by atoms with Crippen LogP contribution in [0.3, 0.4) is 0 Å². The van der Waals surface area contributed by atoms with Crippen molar-refractivity contribution in [2.45, 2.75) is 152 Å². The van der Waals surface area contributed by atoms with Crippen molar-refractivity contribution >= 4 is 11.9 Å². The van der Waals surface area contributed by atoms with E-state index in [0.717, 1.165) is 0 Å². The fraction of sp³-hybridized carbons (Fsp3) is 0.933. The topological polar surface area (TPSA) is 79.3 Å². The van der Waals surface area contributed by atoms with E-state index in [1.165, 1.54) is 5.06 Å². The zero-order chi connectivity index (χ0) is 29.6. The molecule has 0 aromatic heterocycles. The molecule has 2 aliphatic heterocycles. The van der Waals surface area contributed by atoms with Gasteiger partial charge in [-0.15, -0.1) is 0 Å². The number of ether oxygens (including phenoxy) is 2. The Morgan fingerprint density at radius 3 is 1.08 bits per heavy atom. The van der Waals surface area contributed by atoms with Gasteiger partial charge in [0.2, 0.25) is 0 Å². The number of esters is 2. The molecule has 0 saturated carbocycles. The van der Waals surface area contributed by atoms with Crippen LogP contribution in [0.15, 0.2) is 0 Å². The third kappa shape index (κ3) is 4.17. The SMILES string of the molecule is CN1C(C)(C)C(C)(C)C(OC(=O)CC(=O)OC2C(C)(C)C(C)(C)N(O)C(C)(C)C2(C)C)C(C)(C)C1(C)C. The molecule has 216 valence electrons. The van der Waals surface area contributed by atoms with Crippen molar-refractivity contribution in [1.82, 2.24) is 9.96 Å².